The number of rotatable bonds is 4. The van der Waals surface area contributed by atoms with Gasteiger partial charge in [-0.05, 0) is 19.1 Å². The number of para-hydroxylation sites is 1. The first-order valence-electron chi connectivity index (χ1n) is 4.73. The van der Waals surface area contributed by atoms with E-state index in [1.54, 1.807) is 31.2 Å². The first-order chi connectivity index (χ1) is 7.19. The van der Waals surface area contributed by atoms with Gasteiger partial charge in [0.1, 0.15) is 5.75 Å². The van der Waals surface area contributed by atoms with Crippen molar-refractivity contribution in [1.29, 1.82) is 0 Å². The molecule has 0 saturated heterocycles. The number of benzene rings is 1. The lowest BCUT2D eigenvalue weighted by atomic mass is 10.2. The molecule has 0 saturated carbocycles. The molecule has 0 fully saturated rings. The molecule has 1 amide bonds. The molecule has 0 aliphatic rings. The van der Waals surface area contributed by atoms with Crippen molar-refractivity contribution in [2.24, 2.45) is 0 Å². The minimum atomic E-state index is -0.262. The van der Waals surface area contributed by atoms with Crippen molar-refractivity contribution in [3.8, 4) is 5.75 Å². The van der Waals surface area contributed by atoms with Crippen molar-refractivity contribution in [2.45, 2.75) is 13.0 Å². The van der Waals surface area contributed by atoms with Gasteiger partial charge < -0.3 is 15.2 Å². The van der Waals surface area contributed by atoms with E-state index in [9.17, 15) is 4.79 Å². The second kappa shape index (κ2) is 5.36. The average Bonchev–Trinajstić information content (AvgIpc) is 2.28. The molecular formula is C11H15NO3. The Kier molecular flexibility index (Phi) is 4.12. The molecule has 1 atom stereocenters. The van der Waals surface area contributed by atoms with Crippen LogP contribution in [0, 0.1) is 0 Å². The largest absolute Gasteiger partial charge is 0.496 e. The third-order valence-electron chi connectivity index (χ3n) is 2.00. The molecule has 0 spiro atoms. The lowest BCUT2D eigenvalue weighted by Crippen LogP contribution is -2.35. The van der Waals surface area contributed by atoms with Gasteiger partial charge in [0.15, 0.2) is 0 Å². The van der Waals surface area contributed by atoms with E-state index in [4.69, 9.17) is 9.84 Å². The Bertz CT molecular complexity index is 338. The minimum Gasteiger partial charge on any atom is -0.496 e. The summed E-state index contributed by atoms with van der Waals surface area (Å²) in [6.07, 6.45) is 0. The number of carbonyl (C=O) groups is 1. The molecule has 1 aromatic carbocycles. The highest BCUT2D eigenvalue weighted by Crippen LogP contribution is 2.16. The van der Waals surface area contributed by atoms with Crippen LogP contribution in [0.1, 0.15) is 17.3 Å². The predicted molar refractivity (Wildman–Crippen MR) is 57.0 cm³/mol. The number of ether oxygens (including phenoxy) is 1. The molecule has 4 heteroatoms. The van der Waals surface area contributed by atoms with Crippen LogP contribution in [-0.4, -0.2) is 30.8 Å². The van der Waals surface area contributed by atoms with Crippen LogP contribution < -0.4 is 10.1 Å². The van der Waals surface area contributed by atoms with E-state index in [0.717, 1.165) is 0 Å². The maximum absolute atomic E-state index is 11.7. The van der Waals surface area contributed by atoms with Gasteiger partial charge >= 0.3 is 0 Å². The van der Waals surface area contributed by atoms with Gasteiger partial charge in [-0.15, -0.1) is 0 Å². The molecule has 0 heterocycles. The summed E-state index contributed by atoms with van der Waals surface area (Å²) in [5.41, 5.74) is 0.472. The molecular weight excluding hydrogens is 194 g/mol. The van der Waals surface area contributed by atoms with Crippen LogP contribution in [0.3, 0.4) is 0 Å². The van der Waals surface area contributed by atoms with E-state index < -0.39 is 0 Å². The van der Waals surface area contributed by atoms with Crippen LogP contribution in [-0.2, 0) is 0 Å². The topological polar surface area (TPSA) is 58.6 Å². The number of hydrogen-bond acceptors (Lipinski definition) is 3. The van der Waals surface area contributed by atoms with Gasteiger partial charge in [-0.25, -0.2) is 0 Å². The standard InChI is InChI=1S/C11H15NO3/c1-8(7-13)12-11(14)9-5-3-4-6-10(9)15-2/h3-6,8,13H,7H2,1-2H3,(H,12,14)/t8-/m1/s1. The zero-order valence-corrected chi connectivity index (χ0v) is 8.86. The summed E-state index contributed by atoms with van der Waals surface area (Å²) in [7, 11) is 1.52. The van der Waals surface area contributed by atoms with Crippen LogP contribution >= 0.6 is 0 Å². The van der Waals surface area contributed by atoms with Crippen molar-refractivity contribution in [2.75, 3.05) is 13.7 Å². The van der Waals surface area contributed by atoms with E-state index in [1.807, 2.05) is 0 Å². The zero-order chi connectivity index (χ0) is 11.3. The van der Waals surface area contributed by atoms with Gasteiger partial charge in [-0.1, -0.05) is 12.1 Å². The first kappa shape index (κ1) is 11.5. The van der Waals surface area contributed by atoms with Crippen LogP contribution in [0.15, 0.2) is 24.3 Å². The predicted octanol–water partition coefficient (Wildman–Crippen LogP) is 0.806. The van der Waals surface area contributed by atoms with E-state index in [2.05, 4.69) is 5.32 Å². The highest BCUT2D eigenvalue weighted by molar-refractivity contribution is 5.97. The lowest BCUT2D eigenvalue weighted by molar-refractivity contribution is 0.0919. The van der Waals surface area contributed by atoms with Crippen molar-refractivity contribution >= 4 is 5.91 Å². The zero-order valence-electron chi connectivity index (χ0n) is 8.86. The minimum absolute atomic E-state index is 0.0825. The van der Waals surface area contributed by atoms with Crippen molar-refractivity contribution in [3.63, 3.8) is 0 Å². The summed E-state index contributed by atoms with van der Waals surface area (Å²) < 4.78 is 5.06. The van der Waals surface area contributed by atoms with Gasteiger partial charge in [0.2, 0.25) is 0 Å². The summed E-state index contributed by atoms with van der Waals surface area (Å²) in [4.78, 5) is 11.7. The fraction of sp³-hybridized carbons (Fsp3) is 0.364. The molecule has 15 heavy (non-hydrogen) atoms. The quantitative estimate of drug-likeness (QED) is 0.771. The third kappa shape index (κ3) is 2.95. The van der Waals surface area contributed by atoms with Gasteiger partial charge in [0.25, 0.3) is 5.91 Å². The lowest BCUT2D eigenvalue weighted by Gasteiger charge is -2.12. The van der Waals surface area contributed by atoms with E-state index in [-0.39, 0.29) is 18.6 Å². The maximum Gasteiger partial charge on any atom is 0.255 e. The third-order valence-corrected chi connectivity index (χ3v) is 2.00. The van der Waals surface area contributed by atoms with Gasteiger partial charge in [-0.3, -0.25) is 4.79 Å². The summed E-state index contributed by atoms with van der Waals surface area (Å²) in [5.74, 6) is 0.286. The summed E-state index contributed by atoms with van der Waals surface area (Å²) >= 11 is 0. The van der Waals surface area contributed by atoms with Crippen LogP contribution in [0.4, 0.5) is 0 Å². The van der Waals surface area contributed by atoms with Crippen molar-refractivity contribution in [1.82, 2.24) is 5.32 Å². The Morgan fingerprint density at radius 1 is 1.53 bits per heavy atom. The van der Waals surface area contributed by atoms with Crippen molar-refractivity contribution in [3.05, 3.63) is 29.8 Å². The molecule has 4 nitrogen and oxygen atoms in total. The number of carbonyl (C=O) groups excluding carboxylic acids is 1. The second-order valence-electron chi connectivity index (χ2n) is 3.26. The number of nitrogens with one attached hydrogen (secondary N) is 1. The Morgan fingerprint density at radius 3 is 2.80 bits per heavy atom. The molecule has 0 aliphatic heterocycles. The fourth-order valence-electron chi connectivity index (χ4n) is 1.18. The number of hydrogen-bond donors (Lipinski definition) is 2. The monoisotopic (exact) mass is 209 g/mol. The SMILES string of the molecule is COc1ccccc1C(=O)N[C@H](C)CO. The maximum atomic E-state index is 11.7. The normalized spacial score (nSPS) is 11.9. The summed E-state index contributed by atoms with van der Waals surface area (Å²) in [6, 6.07) is 6.70. The summed E-state index contributed by atoms with van der Waals surface area (Å²) in [5, 5.41) is 11.5. The first-order valence-corrected chi connectivity index (χ1v) is 4.73. The number of aliphatic hydroxyl groups excluding tert-OH is 1. The smallest absolute Gasteiger partial charge is 0.255 e. The van der Waals surface area contributed by atoms with Gasteiger partial charge in [-0.2, -0.15) is 0 Å². The highest BCUT2D eigenvalue weighted by atomic mass is 16.5. The van der Waals surface area contributed by atoms with Crippen LogP contribution in [0.5, 0.6) is 5.75 Å². The molecule has 0 aliphatic carbocycles. The van der Waals surface area contributed by atoms with E-state index >= 15 is 0 Å². The Balaban J connectivity index is 2.81. The molecule has 0 radical (unpaired) electrons. The molecule has 1 aromatic rings. The van der Waals surface area contributed by atoms with Gasteiger partial charge in [0.05, 0.1) is 19.3 Å². The Hall–Kier alpha value is -1.55. The molecule has 2 N–H and O–H groups in total. The van der Waals surface area contributed by atoms with E-state index in [1.165, 1.54) is 7.11 Å². The molecule has 0 aromatic heterocycles. The highest BCUT2D eigenvalue weighted by Gasteiger charge is 2.12. The van der Waals surface area contributed by atoms with Crippen LogP contribution in [0.2, 0.25) is 0 Å². The van der Waals surface area contributed by atoms with Gasteiger partial charge in [0, 0.05) is 6.04 Å². The number of methoxy groups -OCH3 is 1. The Labute approximate surface area is 88.9 Å². The average molecular weight is 209 g/mol. The Morgan fingerprint density at radius 2 is 2.20 bits per heavy atom. The molecule has 0 unspecified atom stereocenters. The fourth-order valence-corrected chi connectivity index (χ4v) is 1.18. The van der Waals surface area contributed by atoms with Crippen LogP contribution in [0.25, 0.3) is 0 Å². The number of aliphatic hydroxyl groups is 1. The summed E-state index contributed by atoms with van der Waals surface area (Å²) in [6.45, 7) is 1.65. The van der Waals surface area contributed by atoms with E-state index in [0.29, 0.717) is 11.3 Å². The molecule has 0 bridgehead atoms. The van der Waals surface area contributed by atoms with Crippen molar-refractivity contribution < 1.29 is 14.6 Å². The molecule has 1 rings (SSSR count). The molecule has 82 valence electrons. The number of amides is 1. The second-order valence-corrected chi connectivity index (χ2v) is 3.26.